The fourth-order valence-electron chi connectivity index (χ4n) is 2.31. The third kappa shape index (κ3) is 2.43. The first-order valence-corrected chi connectivity index (χ1v) is 5.76. The van der Waals surface area contributed by atoms with Crippen molar-refractivity contribution in [2.75, 3.05) is 6.54 Å². The van der Waals surface area contributed by atoms with Gasteiger partial charge in [0, 0.05) is 6.54 Å². The van der Waals surface area contributed by atoms with Crippen LogP contribution in [0.15, 0.2) is 24.3 Å². The molecular formula is C13H13FN2O2. The van der Waals surface area contributed by atoms with Gasteiger partial charge in [-0.05, 0) is 30.5 Å². The van der Waals surface area contributed by atoms with Gasteiger partial charge in [0.15, 0.2) is 0 Å². The van der Waals surface area contributed by atoms with Crippen LogP contribution in [0.1, 0.15) is 24.4 Å². The first-order chi connectivity index (χ1) is 8.61. The molecule has 1 aromatic carbocycles. The number of carboxylic acid groups (broad SMARTS) is 1. The first-order valence-electron chi connectivity index (χ1n) is 5.76. The largest absolute Gasteiger partial charge is 0.465 e. The van der Waals surface area contributed by atoms with Crippen LogP contribution in [0.4, 0.5) is 9.18 Å². The average Bonchev–Trinajstić information content (AvgIpc) is 2.38. The van der Waals surface area contributed by atoms with Crippen molar-refractivity contribution in [1.82, 2.24) is 4.90 Å². The predicted molar refractivity (Wildman–Crippen MR) is 62.2 cm³/mol. The predicted octanol–water partition coefficient (Wildman–Crippen LogP) is 2.78. The molecule has 0 bridgehead atoms. The summed E-state index contributed by atoms with van der Waals surface area (Å²) in [4.78, 5) is 12.5. The Hall–Kier alpha value is -2.09. The fraction of sp³-hybridized carbons (Fsp3) is 0.385. The quantitative estimate of drug-likeness (QED) is 0.831. The van der Waals surface area contributed by atoms with Gasteiger partial charge in [-0.25, -0.2) is 9.18 Å². The lowest BCUT2D eigenvalue weighted by molar-refractivity contribution is 0.0978. The molecule has 1 aromatic rings. The summed E-state index contributed by atoms with van der Waals surface area (Å²) in [5.74, 6) is -0.496. The zero-order chi connectivity index (χ0) is 13.1. The Kier molecular flexibility index (Phi) is 3.47. The zero-order valence-electron chi connectivity index (χ0n) is 9.71. The maximum atomic E-state index is 12.9. The number of rotatable bonds is 1. The summed E-state index contributed by atoms with van der Waals surface area (Å²) in [6.07, 6.45) is 0.0234. The highest BCUT2D eigenvalue weighted by molar-refractivity contribution is 5.66. The van der Waals surface area contributed by atoms with Gasteiger partial charge in [-0.15, -0.1) is 0 Å². The molecule has 18 heavy (non-hydrogen) atoms. The van der Waals surface area contributed by atoms with Crippen molar-refractivity contribution in [2.45, 2.75) is 18.9 Å². The highest BCUT2D eigenvalue weighted by Crippen LogP contribution is 2.33. The summed E-state index contributed by atoms with van der Waals surface area (Å²) in [5, 5.41) is 18.1. The third-order valence-electron chi connectivity index (χ3n) is 3.29. The fourth-order valence-corrected chi connectivity index (χ4v) is 2.31. The van der Waals surface area contributed by atoms with Crippen molar-refractivity contribution in [1.29, 1.82) is 5.26 Å². The van der Waals surface area contributed by atoms with Gasteiger partial charge in [0.2, 0.25) is 0 Å². The van der Waals surface area contributed by atoms with Crippen molar-refractivity contribution in [3.8, 4) is 6.07 Å². The van der Waals surface area contributed by atoms with E-state index in [0.717, 1.165) is 5.56 Å². The molecule has 1 N–H and O–H groups in total. The van der Waals surface area contributed by atoms with Crippen LogP contribution < -0.4 is 0 Å². The minimum Gasteiger partial charge on any atom is -0.465 e. The standard InChI is InChI=1S/C13H13FN2O2/c14-11-3-1-10(2-4-11)12-7-9(8-15)5-6-16(12)13(17)18/h1-4,9,12H,5-7H2,(H,17,18). The van der Waals surface area contributed by atoms with Crippen LogP contribution in [-0.4, -0.2) is 22.6 Å². The maximum absolute atomic E-state index is 12.9. The molecule has 94 valence electrons. The molecule has 1 saturated heterocycles. The molecule has 1 aliphatic heterocycles. The van der Waals surface area contributed by atoms with E-state index in [1.165, 1.54) is 17.0 Å². The van der Waals surface area contributed by atoms with Crippen LogP contribution in [0.25, 0.3) is 0 Å². The molecule has 0 spiro atoms. The van der Waals surface area contributed by atoms with Gasteiger partial charge < -0.3 is 10.0 Å². The molecule has 1 heterocycles. The number of carbonyl (C=O) groups is 1. The first kappa shape index (κ1) is 12.4. The summed E-state index contributed by atoms with van der Waals surface area (Å²) >= 11 is 0. The number of piperidine rings is 1. The van der Waals surface area contributed by atoms with E-state index in [4.69, 9.17) is 10.4 Å². The SMILES string of the molecule is N#CC1CCN(C(=O)O)C(c2ccc(F)cc2)C1. The highest BCUT2D eigenvalue weighted by atomic mass is 19.1. The van der Waals surface area contributed by atoms with Crippen LogP contribution >= 0.6 is 0 Å². The van der Waals surface area contributed by atoms with E-state index in [1.807, 2.05) is 0 Å². The third-order valence-corrected chi connectivity index (χ3v) is 3.29. The summed E-state index contributed by atoms with van der Waals surface area (Å²) in [6, 6.07) is 7.60. The van der Waals surface area contributed by atoms with E-state index in [-0.39, 0.29) is 17.8 Å². The Morgan fingerprint density at radius 3 is 2.67 bits per heavy atom. The summed E-state index contributed by atoms with van der Waals surface area (Å²) in [7, 11) is 0. The lowest BCUT2D eigenvalue weighted by Crippen LogP contribution is -2.40. The zero-order valence-corrected chi connectivity index (χ0v) is 9.71. The van der Waals surface area contributed by atoms with Crippen molar-refractivity contribution in [2.24, 2.45) is 5.92 Å². The van der Waals surface area contributed by atoms with E-state index in [0.29, 0.717) is 19.4 Å². The number of nitriles is 1. The van der Waals surface area contributed by atoms with Gasteiger partial charge in [-0.1, -0.05) is 12.1 Å². The van der Waals surface area contributed by atoms with Gasteiger partial charge in [0.1, 0.15) is 5.82 Å². The Morgan fingerprint density at radius 1 is 1.44 bits per heavy atom. The van der Waals surface area contributed by atoms with E-state index in [9.17, 15) is 9.18 Å². The smallest absolute Gasteiger partial charge is 0.407 e. The minimum absolute atomic E-state index is 0.143. The molecule has 0 aliphatic carbocycles. The highest BCUT2D eigenvalue weighted by Gasteiger charge is 2.32. The molecule has 0 aromatic heterocycles. The molecule has 1 fully saturated rings. The van der Waals surface area contributed by atoms with Crippen LogP contribution in [0.3, 0.4) is 0 Å². The number of hydrogen-bond donors (Lipinski definition) is 1. The number of likely N-dealkylation sites (tertiary alicyclic amines) is 1. The molecule has 0 saturated carbocycles. The molecule has 4 nitrogen and oxygen atoms in total. The second-order valence-electron chi connectivity index (χ2n) is 4.39. The maximum Gasteiger partial charge on any atom is 0.407 e. The van der Waals surface area contributed by atoms with Crippen molar-refractivity contribution < 1.29 is 14.3 Å². The van der Waals surface area contributed by atoms with Gasteiger partial charge in [0.25, 0.3) is 0 Å². The van der Waals surface area contributed by atoms with E-state index in [1.54, 1.807) is 12.1 Å². The van der Waals surface area contributed by atoms with Crippen LogP contribution in [0, 0.1) is 23.1 Å². The van der Waals surface area contributed by atoms with Gasteiger partial charge in [-0.3, -0.25) is 0 Å². The monoisotopic (exact) mass is 248 g/mol. The van der Waals surface area contributed by atoms with Gasteiger partial charge in [-0.2, -0.15) is 5.26 Å². The lowest BCUT2D eigenvalue weighted by Gasteiger charge is -2.35. The summed E-state index contributed by atoms with van der Waals surface area (Å²) < 4.78 is 12.9. The molecule has 0 radical (unpaired) electrons. The average molecular weight is 248 g/mol. The molecule has 2 unspecified atom stereocenters. The summed E-state index contributed by atoms with van der Waals surface area (Å²) in [5.41, 5.74) is 0.735. The van der Waals surface area contributed by atoms with E-state index < -0.39 is 6.09 Å². The normalized spacial score (nSPS) is 23.4. The number of benzene rings is 1. The van der Waals surface area contributed by atoms with Crippen molar-refractivity contribution in [3.05, 3.63) is 35.6 Å². The van der Waals surface area contributed by atoms with Crippen LogP contribution in [0.5, 0.6) is 0 Å². The van der Waals surface area contributed by atoms with E-state index in [2.05, 4.69) is 6.07 Å². The number of amides is 1. The molecular weight excluding hydrogens is 235 g/mol. The van der Waals surface area contributed by atoms with Crippen molar-refractivity contribution >= 4 is 6.09 Å². The van der Waals surface area contributed by atoms with Crippen LogP contribution in [0.2, 0.25) is 0 Å². The van der Waals surface area contributed by atoms with E-state index >= 15 is 0 Å². The van der Waals surface area contributed by atoms with Crippen molar-refractivity contribution in [3.63, 3.8) is 0 Å². The molecule has 5 heteroatoms. The summed E-state index contributed by atoms with van der Waals surface area (Å²) in [6.45, 7) is 0.343. The molecule has 1 aliphatic rings. The van der Waals surface area contributed by atoms with Gasteiger partial charge >= 0.3 is 6.09 Å². The number of hydrogen-bond acceptors (Lipinski definition) is 2. The van der Waals surface area contributed by atoms with Crippen LogP contribution in [-0.2, 0) is 0 Å². The second-order valence-corrected chi connectivity index (χ2v) is 4.39. The molecule has 1 amide bonds. The Morgan fingerprint density at radius 2 is 2.11 bits per heavy atom. The number of nitrogens with zero attached hydrogens (tertiary/aromatic N) is 2. The number of halogens is 1. The Labute approximate surface area is 104 Å². The molecule has 2 rings (SSSR count). The Bertz CT molecular complexity index is 481. The minimum atomic E-state index is -0.999. The lowest BCUT2D eigenvalue weighted by atomic mass is 9.88. The molecule has 2 atom stereocenters. The van der Waals surface area contributed by atoms with Gasteiger partial charge in [0.05, 0.1) is 18.0 Å². The Balaban J connectivity index is 2.27. The second kappa shape index (κ2) is 5.05. The topological polar surface area (TPSA) is 64.3 Å².